The summed E-state index contributed by atoms with van der Waals surface area (Å²) in [4.78, 5) is 39.4. The molecule has 4 aromatic heterocycles. The Morgan fingerprint density at radius 2 is 1.17 bits per heavy atom. The smallest absolute Gasteiger partial charge is 0.261 e. The maximum atomic E-state index is 12.6. The quantitative estimate of drug-likeness (QED) is 0.200. The molecule has 2 amide bonds. The normalized spacial score (nSPS) is 13.2. The highest BCUT2D eigenvalue weighted by Gasteiger charge is 2.36. The number of carbonyl (C=O) groups excluding carboxylic acids is 2. The van der Waals surface area contributed by atoms with E-state index in [4.69, 9.17) is 5.73 Å². The van der Waals surface area contributed by atoms with Gasteiger partial charge < -0.3 is 15.5 Å². The van der Waals surface area contributed by atoms with E-state index in [1.165, 1.54) is 10.5 Å². The van der Waals surface area contributed by atoms with Gasteiger partial charge in [-0.15, -0.1) is 0 Å². The lowest BCUT2D eigenvalue weighted by atomic mass is 10.1. The van der Waals surface area contributed by atoms with Crippen molar-refractivity contribution in [2.45, 2.75) is 39.8 Å². The van der Waals surface area contributed by atoms with Crippen molar-refractivity contribution in [2.24, 2.45) is 5.73 Å². The van der Waals surface area contributed by atoms with Crippen molar-refractivity contribution in [1.29, 1.82) is 0 Å². The minimum absolute atomic E-state index is 0. The number of rotatable bonds is 9. The number of likely N-dealkylation sites (N-methyl/N-ethyl adjacent to an activating group) is 2. The topological polar surface area (TPSA) is 153 Å². The molecule has 0 fully saturated rings. The standard InChI is InChI=1S/C19H19N5O2.C11H17N5.2CH4.2H2S/c1-23(2)14(8-12-7-13-10-21-22-17(13)20-9-12)11-24-18(25)15-5-3-4-6-16(15)19(24)26;1-16(2)10(5-12)4-8-3-9-7-14-15-11(9)13-6-8;;;;/h3-7,9-10,14H,8,11H2,1-2H3,(H,20,21,22);3,6-7,10H,4-5,12H2,1-2H3,(H,13,14,15);2*1H4;2*1H2/t14-;10-;;;;/m00..../s1. The van der Waals surface area contributed by atoms with Gasteiger partial charge in [-0.2, -0.15) is 37.2 Å². The Labute approximate surface area is 285 Å². The zero-order valence-electron chi connectivity index (χ0n) is 25.3. The van der Waals surface area contributed by atoms with Crippen LogP contribution in [0.25, 0.3) is 22.1 Å². The number of nitrogens with zero attached hydrogens (tertiary/aromatic N) is 7. The van der Waals surface area contributed by atoms with E-state index >= 15 is 0 Å². The average Bonchev–Trinajstić information content (AvgIpc) is 3.71. The largest absolute Gasteiger partial charge is 0.329 e. The number of amides is 2. The van der Waals surface area contributed by atoms with Gasteiger partial charge in [0.05, 0.1) is 23.5 Å². The van der Waals surface area contributed by atoms with Gasteiger partial charge >= 0.3 is 0 Å². The van der Waals surface area contributed by atoms with Crippen LogP contribution in [0, 0.1) is 0 Å². The molecular formula is C32H48N10O2S2. The molecule has 0 saturated heterocycles. The Kier molecular flexibility index (Phi) is 15.5. The summed E-state index contributed by atoms with van der Waals surface area (Å²) in [5, 5.41) is 15.6. The van der Waals surface area contributed by atoms with Crippen LogP contribution in [0.3, 0.4) is 0 Å². The molecule has 1 aliphatic heterocycles. The van der Waals surface area contributed by atoms with Crippen molar-refractivity contribution in [3.8, 4) is 0 Å². The fourth-order valence-electron chi connectivity index (χ4n) is 5.03. The molecule has 0 radical (unpaired) electrons. The lowest BCUT2D eigenvalue weighted by Crippen LogP contribution is -2.44. The highest BCUT2D eigenvalue weighted by Crippen LogP contribution is 2.24. The summed E-state index contributed by atoms with van der Waals surface area (Å²) in [5.41, 5.74) is 10.5. The van der Waals surface area contributed by atoms with Crippen molar-refractivity contribution < 1.29 is 9.59 Å². The second-order valence-electron chi connectivity index (χ2n) is 10.9. The van der Waals surface area contributed by atoms with E-state index in [0.29, 0.717) is 36.7 Å². The molecule has 0 saturated carbocycles. The minimum atomic E-state index is -0.221. The van der Waals surface area contributed by atoms with Crippen LogP contribution in [-0.4, -0.2) is 110 Å². The summed E-state index contributed by atoms with van der Waals surface area (Å²) >= 11 is 0. The lowest BCUT2D eigenvalue weighted by Gasteiger charge is -2.28. The van der Waals surface area contributed by atoms with Gasteiger partial charge in [-0.05, 0) is 76.4 Å². The molecule has 46 heavy (non-hydrogen) atoms. The van der Waals surface area contributed by atoms with Gasteiger partial charge in [0.2, 0.25) is 0 Å². The third-order valence-corrected chi connectivity index (χ3v) is 7.64. The number of aromatic amines is 2. The minimum Gasteiger partial charge on any atom is -0.329 e. The molecule has 5 heterocycles. The van der Waals surface area contributed by atoms with Crippen LogP contribution in [0.15, 0.2) is 61.2 Å². The summed E-state index contributed by atoms with van der Waals surface area (Å²) in [5.74, 6) is -0.443. The zero-order chi connectivity index (χ0) is 29.8. The van der Waals surface area contributed by atoms with E-state index in [2.05, 4.69) is 41.3 Å². The first-order chi connectivity index (χ1) is 20.2. The maximum absolute atomic E-state index is 12.6. The van der Waals surface area contributed by atoms with E-state index in [9.17, 15) is 9.59 Å². The van der Waals surface area contributed by atoms with Crippen LogP contribution in [0.1, 0.15) is 46.7 Å². The van der Waals surface area contributed by atoms with Gasteiger partial charge in [0.15, 0.2) is 11.3 Å². The van der Waals surface area contributed by atoms with Crippen LogP contribution in [0.4, 0.5) is 0 Å². The number of pyridine rings is 2. The molecule has 5 aromatic rings. The SMILES string of the molecule is C.C.CN(C)[C@@H](Cc1cnc2[nH]ncc2c1)CN1C(=O)c2ccccc2C1=O.CN(C)[C@H](CN)Cc1cnc2[nH]ncc2c1.S.S. The molecular weight excluding hydrogens is 621 g/mol. The molecule has 0 unspecified atom stereocenters. The number of imide groups is 1. The maximum Gasteiger partial charge on any atom is 0.261 e. The third-order valence-electron chi connectivity index (χ3n) is 7.64. The first kappa shape index (κ1) is 40.2. The molecule has 1 aliphatic rings. The number of fused-ring (bicyclic) bond motifs is 3. The molecule has 2 atom stereocenters. The highest BCUT2D eigenvalue weighted by atomic mass is 32.1. The molecule has 0 aliphatic carbocycles. The lowest BCUT2D eigenvalue weighted by molar-refractivity contribution is 0.0612. The predicted molar refractivity (Wildman–Crippen MR) is 195 cm³/mol. The van der Waals surface area contributed by atoms with E-state index in [1.54, 1.807) is 42.9 Å². The fraction of sp³-hybridized carbons (Fsp3) is 0.375. The second-order valence-corrected chi connectivity index (χ2v) is 10.9. The van der Waals surface area contributed by atoms with Crippen LogP contribution < -0.4 is 5.73 Å². The summed E-state index contributed by atoms with van der Waals surface area (Å²) in [6.45, 7) is 0.985. The van der Waals surface area contributed by atoms with Crippen LogP contribution in [0.5, 0.6) is 0 Å². The van der Waals surface area contributed by atoms with Crippen LogP contribution >= 0.6 is 27.0 Å². The number of carbonyl (C=O) groups is 2. The first-order valence-corrected chi connectivity index (χ1v) is 13.8. The summed E-state index contributed by atoms with van der Waals surface area (Å²) in [7, 11) is 7.99. The Morgan fingerprint density at radius 1 is 0.739 bits per heavy atom. The molecule has 4 N–H and O–H groups in total. The molecule has 0 bridgehead atoms. The Hall–Kier alpha value is -3.82. The van der Waals surface area contributed by atoms with Crippen LogP contribution in [0.2, 0.25) is 0 Å². The predicted octanol–water partition coefficient (Wildman–Crippen LogP) is 3.61. The van der Waals surface area contributed by atoms with E-state index in [0.717, 1.165) is 34.1 Å². The van der Waals surface area contributed by atoms with Crippen LogP contribution in [-0.2, 0) is 12.8 Å². The van der Waals surface area contributed by atoms with Gasteiger partial charge in [-0.1, -0.05) is 27.0 Å². The number of nitrogens with two attached hydrogens (primary N) is 1. The van der Waals surface area contributed by atoms with Crippen molar-refractivity contribution in [3.63, 3.8) is 0 Å². The van der Waals surface area contributed by atoms with Gasteiger partial charge in [-0.3, -0.25) is 24.7 Å². The number of nitrogens with one attached hydrogen (secondary N) is 2. The van der Waals surface area contributed by atoms with E-state index < -0.39 is 0 Å². The Bertz CT molecular complexity index is 1670. The van der Waals surface area contributed by atoms with Gasteiger partial charge in [0.25, 0.3) is 11.8 Å². The molecule has 0 spiro atoms. The monoisotopic (exact) mass is 668 g/mol. The van der Waals surface area contributed by atoms with Gasteiger partial charge in [0, 0.05) is 48.3 Å². The molecule has 1 aromatic carbocycles. The number of hydrogen-bond donors (Lipinski definition) is 3. The van der Waals surface area contributed by atoms with Gasteiger partial charge in [-0.25, -0.2) is 9.97 Å². The number of H-pyrrole nitrogens is 2. The second kappa shape index (κ2) is 17.8. The fourth-order valence-corrected chi connectivity index (χ4v) is 5.03. The molecule has 6 rings (SSSR count). The average molecular weight is 669 g/mol. The first-order valence-electron chi connectivity index (χ1n) is 13.8. The van der Waals surface area contributed by atoms with Gasteiger partial charge in [0.1, 0.15) is 0 Å². The summed E-state index contributed by atoms with van der Waals surface area (Å²) < 4.78 is 0. The highest BCUT2D eigenvalue weighted by molar-refractivity contribution is 7.59. The summed E-state index contributed by atoms with van der Waals surface area (Å²) in [6.07, 6.45) is 8.80. The van der Waals surface area contributed by atoms with Crippen molar-refractivity contribution in [3.05, 3.63) is 83.4 Å². The number of hydrogen-bond acceptors (Lipinski definition) is 9. The number of aromatic nitrogens is 6. The van der Waals surface area contributed by atoms with Crippen molar-refractivity contribution in [2.75, 3.05) is 41.3 Å². The van der Waals surface area contributed by atoms with Crippen molar-refractivity contribution >= 4 is 60.9 Å². The molecule has 14 heteroatoms. The Balaban J connectivity index is 0.000000464. The van der Waals surface area contributed by atoms with Crippen molar-refractivity contribution in [1.82, 2.24) is 45.1 Å². The zero-order valence-corrected chi connectivity index (χ0v) is 27.3. The van der Waals surface area contributed by atoms with E-state index in [-0.39, 0.29) is 59.7 Å². The van der Waals surface area contributed by atoms with E-state index in [1.807, 2.05) is 45.4 Å². The number of benzene rings is 1. The summed E-state index contributed by atoms with van der Waals surface area (Å²) in [6, 6.07) is 11.5. The molecule has 250 valence electrons. The molecule has 12 nitrogen and oxygen atoms in total. The third kappa shape index (κ3) is 8.91. The Morgan fingerprint density at radius 3 is 1.59 bits per heavy atom.